The van der Waals surface area contributed by atoms with Crippen LogP contribution in [0.2, 0.25) is 0 Å². The number of hydrogen-bond acceptors (Lipinski definition) is 1. The summed E-state index contributed by atoms with van der Waals surface area (Å²) in [5.41, 5.74) is 1.40. The molecule has 0 unspecified atom stereocenters. The molecule has 0 saturated heterocycles. The molecule has 1 nitrogen and oxygen atoms in total. The first kappa shape index (κ1) is 12.7. The van der Waals surface area contributed by atoms with E-state index in [0.717, 1.165) is 6.54 Å². The summed E-state index contributed by atoms with van der Waals surface area (Å²) >= 11 is 2.37. The van der Waals surface area contributed by atoms with Crippen LogP contribution < -0.4 is 0 Å². The molecule has 0 atom stereocenters. The second-order valence-electron chi connectivity index (χ2n) is 2.83. The number of benzene rings is 1. The Kier molecular flexibility index (Phi) is 6.53. The molecule has 0 bridgehead atoms. The van der Waals surface area contributed by atoms with Crippen LogP contribution in [0.1, 0.15) is 5.56 Å². The van der Waals surface area contributed by atoms with Crippen molar-refractivity contribution >= 4 is 45.6 Å². The van der Waals surface area contributed by atoms with Crippen LogP contribution in [0, 0.1) is 3.57 Å². The standard InChI is InChI=1S/C9H12IN.Mg.2H/c1-11(2)7-8-5-3-4-6-9(8)10;;;/h3-6H,7H2,1-2H3;;;. The first-order chi connectivity index (χ1) is 5.20. The lowest BCUT2D eigenvalue weighted by molar-refractivity contribution is 0.401. The second-order valence-corrected chi connectivity index (χ2v) is 3.99. The Morgan fingerprint density at radius 3 is 2.33 bits per heavy atom. The van der Waals surface area contributed by atoms with E-state index < -0.39 is 0 Å². The summed E-state index contributed by atoms with van der Waals surface area (Å²) in [6.45, 7) is 1.03. The summed E-state index contributed by atoms with van der Waals surface area (Å²) < 4.78 is 1.35. The van der Waals surface area contributed by atoms with Gasteiger partial charge in [-0.3, -0.25) is 0 Å². The molecule has 1 rings (SSSR count). The molecule has 0 N–H and O–H groups in total. The second kappa shape index (κ2) is 6.18. The molecular weight excluding hydrogens is 273 g/mol. The van der Waals surface area contributed by atoms with E-state index in [4.69, 9.17) is 0 Å². The minimum atomic E-state index is 0. The number of rotatable bonds is 2. The van der Waals surface area contributed by atoms with Crippen LogP contribution in [0.5, 0.6) is 0 Å². The van der Waals surface area contributed by atoms with Gasteiger partial charge in [0.15, 0.2) is 0 Å². The molecule has 1 aromatic rings. The highest BCUT2D eigenvalue weighted by molar-refractivity contribution is 14.1. The van der Waals surface area contributed by atoms with Crippen molar-refractivity contribution in [1.82, 2.24) is 4.90 Å². The quantitative estimate of drug-likeness (QED) is 0.588. The number of hydrogen-bond donors (Lipinski definition) is 0. The molecule has 0 amide bonds. The summed E-state index contributed by atoms with van der Waals surface area (Å²) in [5, 5.41) is 0. The zero-order valence-corrected chi connectivity index (χ0v) is 9.00. The van der Waals surface area contributed by atoms with Crippen LogP contribution >= 0.6 is 22.6 Å². The minimum absolute atomic E-state index is 0. The Balaban J connectivity index is 0.00000121. The third-order valence-electron chi connectivity index (χ3n) is 1.44. The maximum atomic E-state index is 2.37. The number of nitrogens with zero attached hydrogens (tertiary/aromatic N) is 1. The maximum Gasteiger partial charge on any atom is 0.316 e. The van der Waals surface area contributed by atoms with Gasteiger partial charge in [0.25, 0.3) is 0 Å². The molecule has 0 radical (unpaired) electrons. The molecule has 0 aliphatic carbocycles. The minimum Gasteiger partial charge on any atom is -0.305 e. The van der Waals surface area contributed by atoms with E-state index in [-0.39, 0.29) is 23.1 Å². The zero-order valence-electron chi connectivity index (χ0n) is 6.84. The first-order valence-corrected chi connectivity index (χ1v) is 4.66. The van der Waals surface area contributed by atoms with Gasteiger partial charge in [0, 0.05) is 10.1 Å². The lowest BCUT2D eigenvalue weighted by Crippen LogP contribution is -2.11. The average Bonchev–Trinajstić information content (AvgIpc) is 1.93. The van der Waals surface area contributed by atoms with Gasteiger partial charge in [-0.15, -0.1) is 0 Å². The van der Waals surface area contributed by atoms with Gasteiger partial charge in [0.05, 0.1) is 0 Å². The van der Waals surface area contributed by atoms with Crippen molar-refractivity contribution in [2.45, 2.75) is 6.54 Å². The van der Waals surface area contributed by atoms with Crippen molar-refractivity contribution in [2.75, 3.05) is 14.1 Å². The Morgan fingerprint density at radius 1 is 1.25 bits per heavy atom. The van der Waals surface area contributed by atoms with E-state index in [2.05, 4.69) is 65.9 Å². The third-order valence-corrected chi connectivity index (χ3v) is 2.50. The maximum absolute atomic E-state index is 2.37. The zero-order chi connectivity index (χ0) is 8.27. The molecule has 64 valence electrons. The Labute approximate surface area is 104 Å². The van der Waals surface area contributed by atoms with E-state index in [1.807, 2.05) is 0 Å². The van der Waals surface area contributed by atoms with E-state index in [9.17, 15) is 0 Å². The summed E-state index contributed by atoms with van der Waals surface area (Å²) in [5.74, 6) is 0. The Hall–Kier alpha value is 0.676. The SMILES string of the molecule is CN(C)Cc1ccccc1I.[MgH2]. The summed E-state index contributed by atoms with van der Waals surface area (Å²) in [7, 11) is 4.17. The summed E-state index contributed by atoms with van der Waals surface area (Å²) in [4.78, 5) is 2.18. The predicted molar refractivity (Wildman–Crippen MR) is 65.1 cm³/mol. The highest BCUT2D eigenvalue weighted by Crippen LogP contribution is 2.12. The lowest BCUT2D eigenvalue weighted by atomic mass is 10.2. The molecule has 3 heteroatoms. The fourth-order valence-corrected chi connectivity index (χ4v) is 1.53. The van der Waals surface area contributed by atoms with Gasteiger partial charge in [0.1, 0.15) is 0 Å². The van der Waals surface area contributed by atoms with E-state index in [1.165, 1.54) is 9.13 Å². The third kappa shape index (κ3) is 4.07. The molecule has 0 aromatic heterocycles. The normalized spacial score (nSPS) is 9.67. The molecule has 1 aromatic carbocycles. The van der Waals surface area contributed by atoms with Gasteiger partial charge in [0.2, 0.25) is 0 Å². The predicted octanol–water partition coefficient (Wildman–Crippen LogP) is 1.44. The van der Waals surface area contributed by atoms with Crippen LogP contribution in [0.25, 0.3) is 0 Å². The van der Waals surface area contributed by atoms with Gasteiger partial charge in [-0.1, -0.05) is 18.2 Å². The van der Waals surface area contributed by atoms with Crippen molar-refractivity contribution in [2.24, 2.45) is 0 Å². The van der Waals surface area contributed by atoms with Crippen LogP contribution in [-0.2, 0) is 6.54 Å². The summed E-state index contributed by atoms with van der Waals surface area (Å²) in [6.07, 6.45) is 0. The molecule has 0 spiro atoms. The molecule has 12 heavy (non-hydrogen) atoms. The number of halogens is 1. The average molecular weight is 287 g/mol. The topological polar surface area (TPSA) is 3.24 Å². The van der Waals surface area contributed by atoms with E-state index >= 15 is 0 Å². The van der Waals surface area contributed by atoms with Gasteiger partial charge >= 0.3 is 23.1 Å². The highest BCUT2D eigenvalue weighted by Gasteiger charge is 1.97. The van der Waals surface area contributed by atoms with Gasteiger partial charge < -0.3 is 4.90 Å². The fourth-order valence-electron chi connectivity index (χ4n) is 0.967. The van der Waals surface area contributed by atoms with Gasteiger partial charge in [-0.25, -0.2) is 0 Å². The smallest absolute Gasteiger partial charge is 0.305 e. The van der Waals surface area contributed by atoms with E-state index in [0.29, 0.717) is 0 Å². The van der Waals surface area contributed by atoms with Crippen LogP contribution in [-0.4, -0.2) is 42.0 Å². The molecule has 0 fully saturated rings. The molecule has 0 aliphatic heterocycles. The van der Waals surface area contributed by atoms with Gasteiger partial charge in [-0.05, 0) is 48.3 Å². The van der Waals surface area contributed by atoms with Gasteiger partial charge in [-0.2, -0.15) is 0 Å². The Morgan fingerprint density at radius 2 is 1.83 bits per heavy atom. The van der Waals surface area contributed by atoms with Crippen molar-refractivity contribution in [3.05, 3.63) is 33.4 Å². The highest BCUT2D eigenvalue weighted by atomic mass is 127. The van der Waals surface area contributed by atoms with Crippen LogP contribution in [0.4, 0.5) is 0 Å². The lowest BCUT2D eigenvalue weighted by Gasteiger charge is -2.10. The van der Waals surface area contributed by atoms with Crippen molar-refractivity contribution in [3.63, 3.8) is 0 Å². The molecule has 0 aliphatic rings. The fraction of sp³-hybridized carbons (Fsp3) is 0.333. The Bertz CT molecular complexity index is 238. The summed E-state index contributed by atoms with van der Waals surface area (Å²) in [6, 6.07) is 8.46. The molecule has 0 saturated carbocycles. The van der Waals surface area contributed by atoms with Crippen molar-refractivity contribution in [3.8, 4) is 0 Å². The van der Waals surface area contributed by atoms with Crippen molar-refractivity contribution < 1.29 is 0 Å². The largest absolute Gasteiger partial charge is 0.316 e. The first-order valence-electron chi connectivity index (χ1n) is 3.58. The van der Waals surface area contributed by atoms with E-state index in [1.54, 1.807) is 0 Å². The molecule has 0 heterocycles. The van der Waals surface area contributed by atoms with Crippen LogP contribution in [0.3, 0.4) is 0 Å². The monoisotopic (exact) mass is 287 g/mol. The van der Waals surface area contributed by atoms with Crippen molar-refractivity contribution in [1.29, 1.82) is 0 Å². The molecular formula is C9H14IMgN. The van der Waals surface area contributed by atoms with Crippen LogP contribution in [0.15, 0.2) is 24.3 Å².